The lowest BCUT2D eigenvalue weighted by Crippen LogP contribution is -2.21. The largest absolute Gasteiger partial charge is 0.372 e. The smallest absolute Gasteiger partial charge is 0.0944 e. The average Bonchev–Trinajstić information content (AvgIpc) is 2.32. The zero-order valence-electron chi connectivity index (χ0n) is 10.2. The summed E-state index contributed by atoms with van der Waals surface area (Å²) in [6, 6.07) is 10.4. The van der Waals surface area contributed by atoms with Crippen LogP contribution in [0.4, 0.5) is 5.69 Å². The first kappa shape index (κ1) is 12.3. The van der Waals surface area contributed by atoms with Crippen molar-refractivity contribution in [1.82, 2.24) is 0 Å². The first-order valence-corrected chi connectivity index (χ1v) is 5.64. The minimum absolute atomic E-state index is 0.732. The van der Waals surface area contributed by atoms with E-state index in [4.69, 9.17) is 5.26 Å². The van der Waals surface area contributed by atoms with Gasteiger partial charge in [-0.3, -0.25) is 0 Å². The predicted molar refractivity (Wildman–Crippen MR) is 69.3 cm³/mol. The van der Waals surface area contributed by atoms with Crippen LogP contribution in [-0.4, -0.2) is 13.1 Å². The maximum Gasteiger partial charge on any atom is 0.0944 e. The highest BCUT2D eigenvalue weighted by Crippen LogP contribution is 2.16. The third-order valence-electron chi connectivity index (χ3n) is 2.58. The van der Waals surface area contributed by atoms with E-state index in [1.54, 1.807) is 0 Å². The Morgan fingerprint density at radius 3 is 2.25 bits per heavy atom. The Kier molecular flexibility index (Phi) is 4.60. The van der Waals surface area contributed by atoms with Crippen LogP contribution >= 0.6 is 0 Å². The molecule has 0 unspecified atom stereocenters. The molecule has 2 heteroatoms. The number of anilines is 1. The summed E-state index contributed by atoms with van der Waals surface area (Å²) in [5, 5.41) is 8.69. The fourth-order valence-corrected chi connectivity index (χ4v) is 1.65. The van der Waals surface area contributed by atoms with Crippen molar-refractivity contribution in [2.45, 2.75) is 20.8 Å². The van der Waals surface area contributed by atoms with Gasteiger partial charge in [0.05, 0.1) is 6.07 Å². The Morgan fingerprint density at radius 1 is 1.25 bits per heavy atom. The fraction of sp³-hybridized carbons (Fsp3) is 0.357. The van der Waals surface area contributed by atoms with Crippen LogP contribution in [0, 0.1) is 11.3 Å². The van der Waals surface area contributed by atoms with E-state index in [9.17, 15) is 0 Å². The van der Waals surface area contributed by atoms with Crippen LogP contribution in [0.15, 0.2) is 29.8 Å². The Morgan fingerprint density at radius 2 is 1.81 bits per heavy atom. The van der Waals surface area contributed by atoms with Crippen molar-refractivity contribution in [2.24, 2.45) is 0 Å². The van der Waals surface area contributed by atoms with Crippen molar-refractivity contribution < 1.29 is 0 Å². The van der Waals surface area contributed by atoms with Crippen LogP contribution in [-0.2, 0) is 0 Å². The van der Waals surface area contributed by atoms with Crippen LogP contribution in [0.1, 0.15) is 26.3 Å². The Hall–Kier alpha value is -1.75. The van der Waals surface area contributed by atoms with Crippen molar-refractivity contribution in [3.05, 3.63) is 35.4 Å². The summed E-state index contributed by atoms with van der Waals surface area (Å²) in [7, 11) is 0. The fourth-order valence-electron chi connectivity index (χ4n) is 1.65. The van der Waals surface area contributed by atoms with E-state index in [-0.39, 0.29) is 0 Å². The lowest BCUT2D eigenvalue weighted by Gasteiger charge is -2.20. The molecule has 0 aliphatic carbocycles. The molecule has 84 valence electrons. The van der Waals surface area contributed by atoms with E-state index in [1.807, 2.05) is 13.0 Å². The standard InChI is InChI=1S/C14H18N2/c1-4-16(5-2)14-8-6-13(7-9-14)10-12(3)11-15/h6-10H,4-5H2,1-3H3/b12-10-. The molecule has 0 atom stereocenters. The van der Waals surface area contributed by atoms with Gasteiger partial charge in [0.15, 0.2) is 0 Å². The van der Waals surface area contributed by atoms with Gasteiger partial charge in [-0.2, -0.15) is 5.26 Å². The van der Waals surface area contributed by atoms with E-state index < -0.39 is 0 Å². The minimum Gasteiger partial charge on any atom is -0.372 e. The average molecular weight is 214 g/mol. The molecule has 0 N–H and O–H groups in total. The van der Waals surface area contributed by atoms with Gasteiger partial charge >= 0.3 is 0 Å². The van der Waals surface area contributed by atoms with Gasteiger partial charge in [0.25, 0.3) is 0 Å². The minimum atomic E-state index is 0.732. The molecule has 0 saturated heterocycles. The zero-order valence-corrected chi connectivity index (χ0v) is 10.2. The van der Waals surface area contributed by atoms with Gasteiger partial charge in [-0.05, 0) is 44.5 Å². The highest BCUT2D eigenvalue weighted by atomic mass is 15.1. The highest BCUT2D eigenvalue weighted by molar-refractivity contribution is 5.59. The molecule has 0 amide bonds. The molecule has 0 fully saturated rings. The van der Waals surface area contributed by atoms with Crippen molar-refractivity contribution >= 4 is 11.8 Å². The van der Waals surface area contributed by atoms with Crippen LogP contribution in [0.2, 0.25) is 0 Å². The summed E-state index contributed by atoms with van der Waals surface area (Å²) in [6.07, 6.45) is 1.89. The number of benzene rings is 1. The van der Waals surface area contributed by atoms with E-state index in [0.29, 0.717) is 0 Å². The SMILES string of the molecule is CCN(CC)c1ccc(/C=C(/C)C#N)cc1. The van der Waals surface area contributed by atoms with Gasteiger partial charge < -0.3 is 4.90 Å². The van der Waals surface area contributed by atoms with E-state index in [0.717, 1.165) is 24.2 Å². The van der Waals surface area contributed by atoms with Crippen LogP contribution in [0.3, 0.4) is 0 Å². The van der Waals surface area contributed by atoms with Crippen LogP contribution < -0.4 is 4.90 Å². The molecule has 0 heterocycles. The molecular formula is C14H18N2. The number of nitriles is 1. The summed E-state index contributed by atoms with van der Waals surface area (Å²) < 4.78 is 0. The predicted octanol–water partition coefficient (Wildman–Crippen LogP) is 3.46. The van der Waals surface area contributed by atoms with E-state index in [2.05, 4.69) is 49.1 Å². The molecule has 0 aromatic heterocycles. The second-order valence-electron chi connectivity index (χ2n) is 3.70. The first-order valence-electron chi connectivity index (χ1n) is 5.64. The number of rotatable bonds is 4. The van der Waals surface area contributed by atoms with E-state index >= 15 is 0 Å². The molecule has 1 rings (SSSR count). The molecule has 1 aromatic carbocycles. The number of hydrogen-bond donors (Lipinski definition) is 0. The molecule has 1 aromatic rings. The second-order valence-corrected chi connectivity index (χ2v) is 3.70. The zero-order chi connectivity index (χ0) is 12.0. The van der Waals surface area contributed by atoms with Gasteiger partial charge in [-0.15, -0.1) is 0 Å². The van der Waals surface area contributed by atoms with Crippen molar-refractivity contribution in [1.29, 1.82) is 5.26 Å². The summed E-state index contributed by atoms with van der Waals surface area (Å²) >= 11 is 0. The van der Waals surface area contributed by atoms with Crippen LogP contribution in [0.25, 0.3) is 6.08 Å². The number of nitrogens with zero attached hydrogens (tertiary/aromatic N) is 2. The lowest BCUT2D eigenvalue weighted by molar-refractivity contribution is 0.866. The quantitative estimate of drug-likeness (QED) is 0.718. The highest BCUT2D eigenvalue weighted by Gasteiger charge is 2.00. The van der Waals surface area contributed by atoms with Gasteiger partial charge in [0.2, 0.25) is 0 Å². The molecule has 16 heavy (non-hydrogen) atoms. The summed E-state index contributed by atoms with van der Waals surface area (Å²) in [4.78, 5) is 2.30. The van der Waals surface area contributed by atoms with E-state index in [1.165, 1.54) is 5.69 Å². The monoisotopic (exact) mass is 214 g/mol. The number of allylic oxidation sites excluding steroid dienone is 1. The Bertz CT molecular complexity index is 392. The van der Waals surface area contributed by atoms with Gasteiger partial charge in [-0.25, -0.2) is 0 Å². The first-order chi connectivity index (χ1) is 7.71. The Balaban J connectivity index is 2.87. The second kappa shape index (κ2) is 5.97. The molecule has 2 nitrogen and oxygen atoms in total. The molecule has 0 saturated carbocycles. The summed E-state index contributed by atoms with van der Waals surface area (Å²) in [5.41, 5.74) is 3.04. The normalized spacial score (nSPS) is 11.0. The molecule has 0 aliphatic heterocycles. The van der Waals surface area contributed by atoms with Crippen molar-refractivity contribution in [3.63, 3.8) is 0 Å². The molecule has 0 aliphatic rings. The van der Waals surface area contributed by atoms with Gasteiger partial charge in [0, 0.05) is 24.4 Å². The molecule has 0 radical (unpaired) electrons. The summed E-state index contributed by atoms with van der Waals surface area (Å²) in [6.45, 7) is 8.15. The van der Waals surface area contributed by atoms with Crippen molar-refractivity contribution in [3.8, 4) is 6.07 Å². The van der Waals surface area contributed by atoms with Crippen LogP contribution in [0.5, 0.6) is 0 Å². The topological polar surface area (TPSA) is 27.0 Å². The third kappa shape index (κ3) is 3.13. The van der Waals surface area contributed by atoms with Gasteiger partial charge in [0.1, 0.15) is 0 Å². The maximum absolute atomic E-state index is 8.69. The molecular weight excluding hydrogens is 196 g/mol. The summed E-state index contributed by atoms with van der Waals surface area (Å²) in [5.74, 6) is 0. The third-order valence-corrected chi connectivity index (χ3v) is 2.58. The van der Waals surface area contributed by atoms with Crippen molar-refractivity contribution in [2.75, 3.05) is 18.0 Å². The molecule has 0 bridgehead atoms. The Labute approximate surface area is 97.8 Å². The lowest BCUT2D eigenvalue weighted by atomic mass is 10.1. The number of hydrogen-bond acceptors (Lipinski definition) is 2. The van der Waals surface area contributed by atoms with Gasteiger partial charge in [-0.1, -0.05) is 12.1 Å². The molecule has 0 spiro atoms. The maximum atomic E-state index is 8.69.